The maximum absolute atomic E-state index is 14.7. The van der Waals surface area contributed by atoms with Gasteiger partial charge in [-0.2, -0.15) is 4.98 Å². The van der Waals surface area contributed by atoms with Crippen molar-refractivity contribution in [1.82, 2.24) is 14.9 Å². The highest BCUT2D eigenvalue weighted by Gasteiger charge is 2.27. The second-order valence-electron chi connectivity index (χ2n) is 7.73. The van der Waals surface area contributed by atoms with E-state index in [1.54, 1.807) is 0 Å². The Kier molecular flexibility index (Phi) is 8.16. The van der Waals surface area contributed by atoms with Crippen molar-refractivity contribution < 1.29 is 41.0 Å². The Labute approximate surface area is 186 Å². The highest BCUT2D eigenvalue weighted by Crippen LogP contribution is 2.33. The van der Waals surface area contributed by atoms with Gasteiger partial charge >= 0.3 is 6.03 Å². The van der Waals surface area contributed by atoms with Gasteiger partial charge in [-0.15, -0.1) is 0 Å². The molecule has 1 saturated carbocycles. The zero-order valence-corrected chi connectivity index (χ0v) is 17.8. The molecule has 1 heterocycles. The molecule has 1 fully saturated rings. The fourth-order valence-electron chi connectivity index (χ4n) is 3.67. The summed E-state index contributed by atoms with van der Waals surface area (Å²) in [5, 5.41) is 2.25. The number of nitrogens with two attached hydrogens (primary N) is 1. The molecule has 13 heteroatoms. The molecule has 0 saturated heterocycles. The molecule has 2 aromatic rings. The number of hydrogen-bond acceptors (Lipinski definition) is 5. The molecule has 8 nitrogen and oxygen atoms in total. The monoisotopic (exact) mass is 480 g/mol. The summed E-state index contributed by atoms with van der Waals surface area (Å²) in [6.45, 7) is -1.90. The van der Waals surface area contributed by atoms with E-state index < -0.39 is 49.2 Å². The van der Waals surface area contributed by atoms with Crippen LogP contribution in [0, 0.1) is 11.6 Å². The van der Waals surface area contributed by atoms with Gasteiger partial charge in [-0.1, -0.05) is 0 Å². The lowest BCUT2D eigenvalue weighted by molar-refractivity contribution is -0.00926. The number of nitrogens with zero attached hydrogens (tertiary/aromatic N) is 2. The number of halogens is 5. The van der Waals surface area contributed by atoms with Crippen molar-refractivity contribution in [2.24, 2.45) is 12.8 Å². The molecule has 1 aromatic heterocycles. The summed E-state index contributed by atoms with van der Waals surface area (Å²) in [7, 11) is 1.42. The van der Waals surface area contributed by atoms with Crippen LogP contribution in [0.2, 0.25) is 0 Å². The van der Waals surface area contributed by atoms with E-state index in [1.807, 2.05) is 0 Å². The first-order chi connectivity index (χ1) is 15.7. The number of primary amides is 1. The van der Waals surface area contributed by atoms with Crippen molar-refractivity contribution in [3.8, 4) is 11.8 Å². The fourth-order valence-corrected chi connectivity index (χ4v) is 3.67. The van der Waals surface area contributed by atoms with E-state index in [-0.39, 0.29) is 35.9 Å². The molecule has 0 radical (unpaired) electrons. The van der Waals surface area contributed by atoms with E-state index in [4.69, 9.17) is 15.2 Å². The Bertz CT molecular complexity index is 966. The maximum Gasteiger partial charge on any atom is 0.312 e. The average molecular weight is 480 g/mol. The molecule has 0 spiro atoms. The van der Waals surface area contributed by atoms with Crippen molar-refractivity contribution in [3.63, 3.8) is 0 Å². The first-order valence-electron chi connectivity index (χ1n) is 10.3. The van der Waals surface area contributed by atoms with Gasteiger partial charge in [0, 0.05) is 13.1 Å². The molecule has 0 aliphatic heterocycles. The highest BCUT2D eigenvalue weighted by molar-refractivity contribution is 5.80. The van der Waals surface area contributed by atoms with Gasteiger partial charge in [-0.3, -0.25) is 4.57 Å². The van der Waals surface area contributed by atoms with Crippen LogP contribution in [0.25, 0.3) is 11.0 Å². The number of rotatable bonds is 10. The Morgan fingerprint density at radius 1 is 1.24 bits per heavy atom. The molecule has 1 atom stereocenters. The first-order valence-corrected chi connectivity index (χ1v) is 10.3. The molecule has 0 unspecified atom stereocenters. The number of carbonyl (C=O) groups excluding carboxylic acids is 1. The summed E-state index contributed by atoms with van der Waals surface area (Å²) in [6, 6.07) is -1.00. The molecular formula is C20H25F5N4O4. The van der Waals surface area contributed by atoms with Crippen molar-refractivity contribution in [1.29, 1.82) is 0 Å². The normalized spacial score (nSPS) is 19.6. The van der Waals surface area contributed by atoms with Crippen LogP contribution in [0.4, 0.5) is 26.7 Å². The van der Waals surface area contributed by atoms with Crippen LogP contribution in [0.1, 0.15) is 25.7 Å². The number of ether oxygens (including phenoxy) is 3. The third-order valence-electron chi connectivity index (χ3n) is 5.29. The van der Waals surface area contributed by atoms with Crippen LogP contribution >= 0.6 is 0 Å². The number of imidazole rings is 1. The zero-order valence-electron chi connectivity index (χ0n) is 17.8. The van der Waals surface area contributed by atoms with Gasteiger partial charge in [0.1, 0.15) is 30.4 Å². The number of hydrogen-bond donors (Lipinski definition) is 2. The first kappa shape index (κ1) is 24.8. The van der Waals surface area contributed by atoms with Crippen LogP contribution in [0.15, 0.2) is 6.07 Å². The number of aryl methyl sites for hydroxylation is 1. The Morgan fingerprint density at radius 3 is 2.52 bits per heavy atom. The van der Waals surface area contributed by atoms with Crippen LogP contribution < -0.4 is 20.5 Å². The molecule has 0 bridgehead atoms. The number of aromatic nitrogens is 2. The number of benzene rings is 1. The molecular weight excluding hydrogens is 455 g/mol. The molecule has 1 aliphatic rings. The number of urea groups is 1. The maximum atomic E-state index is 14.7. The van der Waals surface area contributed by atoms with Crippen LogP contribution in [-0.4, -0.2) is 60.1 Å². The third kappa shape index (κ3) is 6.15. The number of carbonyl (C=O) groups is 1. The van der Waals surface area contributed by atoms with E-state index >= 15 is 0 Å². The molecule has 3 N–H and O–H groups in total. The quantitative estimate of drug-likeness (QED) is 0.509. The molecule has 1 aromatic carbocycles. The summed E-state index contributed by atoms with van der Waals surface area (Å²) < 4.78 is 84.1. The Morgan fingerprint density at radius 2 is 1.91 bits per heavy atom. The Balaban J connectivity index is 1.61. The lowest BCUT2D eigenvalue weighted by Crippen LogP contribution is -2.43. The predicted octanol–water partition coefficient (Wildman–Crippen LogP) is 3.21. The smallest absolute Gasteiger partial charge is 0.312 e. The molecule has 2 amide bonds. The summed E-state index contributed by atoms with van der Waals surface area (Å²) in [4.78, 5) is 14.8. The number of nitrogens with one attached hydrogen (secondary N) is 1. The van der Waals surface area contributed by atoms with Crippen molar-refractivity contribution >= 4 is 17.1 Å². The SMILES string of the molecule is Cn1c(OC2CCC(OC[C@H](CF)NC(N)=O)CC2)nc2c(F)cc(OCC(F)F)c(F)c21. The van der Waals surface area contributed by atoms with Crippen molar-refractivity contribution in [2.75, 3.05) is 19.9 Å². The van der Waals surface area contributed by atoms with E-state index in [9.17, 15) is 26.7 Å². The van der Waals surface area contributed by atoms with E-state index in [0.29, 0.717) is 31.7 Å². The highest BCUT2D eigenvalue weighted by atomic mass is 19.3. The number of amides is 2. The second kappa shape index (κ2) is 10.9. The minimum Gasteiger partial charge on any atom is -0.484 e. The molecule has 1 aliphatic carbocycles. The topological polar surface area (TPSA) is 101 Å². The Hall–Kier alpha value is -2.83. The molecule has 3 rings (SSSR count). The number of fused-ring (bicyclic) bond motifs is 1. The molecule has 33 heavy (non-hydrogen) atoms. The van der Waals surface area contributed by atoms with Gasteiger partial charge in [-0.25, -0.2) is 26.7 Å². The summed E-state index contributed by atoms with van der Waals surface area (Å²) in [6.07, 6.45) is -1.05. The second-order valence-corrected chi connectivity index (χ2v) is 7.73. The summed E-state index contributed by atoms with van der Waals surface area (Å²) >= 11 is 0. The van der Waals surface area contributed by atoms with Crippen molar-refractivity contribution in [2.45, 2.75) is 50.4 Å². The van der Waals surface area contributed by atoms with E-state index in [2.05, 4.69) is 15.0 Å². The summed E-state index contributed by atoms with van der Waals surface area (Å²) in [5.41, 5.74) is 4.42. The van der Waals surface area contributed by atoms with Gasteiger partial charge in [0.15, 0.2) is 17.4 Å². The van der Waals surface area contributed by atoms with Gasteiger partial charge < -0.3 is 25.3 Å². The zero-order chi connectivity index (χ0) is 24.1. The predicted molar refractivity (Wildman–Crippen MR) is 107 cm³/mol. The van der Waals surface area contributed by atoms with E-state index in [1.165, 1.54) is 11.6 Å². The van der Waals surface area contributed by atoms with Gasteiger partial charge in [-0.05, 0) is 25.7 Å². The summed E-state index contributed by atoms with van der Waals surface area (Å²) in [5.74, 6) is -2.57. The van der Waals surface area contributed by atoms with Gasteiger partial charge in [0.2, 0.25) is 0 Å². The minimum atomic E-state index is -2.84. The standard InChI is InChI=1S/C20H25F5N4O4/c1-29-18-16(25)14(32-9-15(23)24)6-13(22)17(18)28-20(29)33-12-4-2-11(3-5-12)31-8-10(7-21)27-19(26)30/h6,10-12,15H,2-5,7-9H2,1H3,(H3,26,27,30)/t10-,11?,12?/m0/s1. The lowest BCUT2D eigenvalue weighted by Gasteiger charge is -2.29. The van der Waals surface area contributed by atoms with Crippen LogP contribution in [-0.2, 0) is 11.8 Å². The third-order valence-corrected chi connectivity index (χ3v) is 5.29. The van der Waals surface area contributed by atoms with Gasteiger partial charge in [0.05, 0.1) is 18.8 Å². The van der Waals surface area contributed by atoms with Crippen LogP contribution in [0.3, 0.4) is 0 Å². The van der Waals surface area contributed by atoms with Crippen LogP contribution in [0.5, 0.6) is 11.8 Å². The average Bonchev–Trinajstić information content (AvgIpc) is 3.10. The molecule has 184 valence electrons. The number of alkyl halides is 3. The lowest BCUT2D eigenvalue weighted by atomic mass is 9.95. The van der Waals surface area contributed by atoms with E-state index in [0.717, 1.165) is 0 Å². The van der Waals surface area contributed by atoms with Crippen molar-refractivity contribution in [3.05, 3.63) is 17.7 Å². The fraction of sp³-hybridized carbons (Fsp3) is 0.600. The van der Waals surface area contributed by atoms with Gasteiger partial charge in [0.25, 0.3) is 12.4 Å². The largest absolute Gasteiger partial charge is 0.484 e. The minimum absolute atomic E-state index is 0.0189.